The van der Waals surface area contributed by atoms with Crippen LogP contribution in [0.15, 0.2) is 64.4 Å². The van der Waals surface area contributed by atoms with E-state index in [2.05, 4.69) is 17.4 Å². The molecule has 0 aromatic heterocycles. The summed E-state index contributed by atoms with van der Waals surface area (Å²) in [5.41, 5.74) is 0.202. The van der Waals surface area contributed by atoms with Crippen molar-refractivity contribution in [2.45, 2.75) is 29.7 Å². The average Bonchev–Trinajstić information content (AvgIpc) is 2.63. The van der Waals surface area contributed by atoms with Crippen molar-refractivity contribution < 1.29 is 9.53 Å². The molecule has 0 saturated carbocycles. The molecule has 1 fully saturated rings. The fraction of sp³-hybridized carbons (Fsp3) is 0.350. The van der Waals surface area contributed by atoms with Crippen LogP contribution in [0.3, 0.4) is 0 Å². The number of ketones is 1. The predicted molar refractivity (Wildman–Crippen MR) is 97.7 cm³/mol. The molecule has 3 nitrogen and oxygen atoms in total. The minimum Gasteiger partial charge on any atom is -0.375 e. The molecular weight excluding hydrogens is 318 g/mol. The van der Waals surface area contributed by atoms with E-state index in [4.69, 9.17) is 4.74 Å². The molecule has 0 amide bonds. The summed E-state index contributed by atoms with van der Waals surface area (Å²) in [6.07, 6.45) is -0.0860. The molecule has 1 unspecified atom stereocenters. The summed E-state index contributed by atoms with van der Waals surface area (Å²) in [6, 6.07) is 18.1. The predicted octanol–water partition coefficient (Wildman–Crippen LogP) is 4.04. The van der Waals surface area contributed by atoms with Gasteiger partial charge in [0.05, 0.1) is 18.1 Å². The smallest absolute Gasteiger partial charge is 0.171 e. The van der Waals surface area contributed by atoms with Crippen LogP contribution in [0.2, 0.25) is 0 Å². The van der Waals surface area contributed by atoms with E-state index in [-0.39, 0.29) is 11.9 Å². The standard InChI is InChI=1S/C20H23NO2S/c1-20(2,18-14-21-12-13-23-18)19(22)15-8-10-17(11-9-15)24-16-6-4-3-5-7-16/h3-11,18,21H,12-14H2,1-2H3. The fourth-order valence-corrected chi connectivity index (χ4v) is 3.68. The monoisotopic (exact) mass is 341 g/mol. The zero-order valence-electron chi connectivity index (χ0n) is 14.1. The molecule has 1 heterocycles. The third-order valence-corrected chi connectivity index (χ3v) is 5.43. The van der Waals surface area contributed by atoms with Gasteiger partial charge in [-0.25, -0.2) is 0 Å². The summed E-state index contributed by atoms with van der Waals surface area (Å²) in [5.74, 6) is 0.132. The Morgan fingerprint density at radius 3 is 2.38 bits per heavy atom. The van der Waals surface area contributed by atoms with Crippen molar-refractivity contribution >= 4 is 17.5 Å². The third-order valence-electron chi connectivity index (χ3n) is 4.41. The van der Waals surface area contributed by atoms with Gasteiger partial charge in [-0.2, -0.15) is 0 Å². The summed E-state index contributed by atoms with van der Waals surface area (Å²) < 4.78 is 5.80. The Bertz CT molecular complexity index is 677. The van der Waals surface area contributed by atoms with Crippen LogP contribution in [-0.4, -0.2) is 31.6 Å². The van der Waals surface area contributed by atoms with Gasteiger partial charge in [0.1, 0.15) is 0 Å². The van der Waals surface area contributed by atoms with Gasteiger partial charge in [0.15, 0.2) is 5.78 Å². The van der Waals surface area contributed by atoms with E-state index < -0.39 is 5.41 Å². The van der Waals surface area contributed by atoms with Crippen LogP contribution < -0.4 is 5.32 Å². The molecule has 4 heteroatoms. The quantitative estimate of drug-likeness (QED) is 0.833. The van der Waals surface area contributed by atoms with E-state index >= 15 is 0 Å². The number of carbonyl (C=O) groups is 1. The normalized spacial score (nSPS) is 18.3. The lowest BCUT2D eigenvalue weighted by atomic mass is 9.78. The maximum Gasteiger partial charge on any atom is 0.171 e. The first-order valence-corrected chi connectivity index (χ1v) is 9.09. The van der Waals surface area contributed by atoms with Crippen LogP contribution in [-0.2, 0) is 4.74 Å². The molecule has 3 rings (SSSR count). The lowest BCUT2D eigenvalue weighted by Crippen LogP contribution is -2.49. The van der Waals surface area contributed by atoms with E-state index in [1.807, 2.05) is 56.3 Å². The maximum atomic E-state index is 12.9. The van der Waals surface area contributed by atoms with Crippen molar-refractivity contribution in [1.82, 2.24) is 5.32 Å². The van der Waals surface area contributed by atoms with Crippen LogP contribution in [0.5, 0.6) is 0 Å². The average molecular weight is 341 g/mol. The van der Waals surface area contributed by atoms with Gasteiger partial charge in [0, 0.05) is 28.4 Å². The first-order chi connectivity index (χ1) is 11.6. The number of rotatable bonds is 5. The highest BCUT2D eigenvalue weighted by molar-refractivity contribution is 7.99. The Morgan fingerprint density at radius 2 is 1.75 bits per heavy atom. The highest BCUT2D eigenvalue weighted by atomic mass is 32.2. The molecule has 1 atom stereocenters. The number of hydrogen-bond donors (Lipinski definition) is 1. The van der Waals surface area contributed by atoms with Crippen LogP contribution in [0, 0.1) is 5.41 Å². The molecule has 0 radical (unpaired) electrons. The van der Waals surface area contributed by atoms with Crippen LogP contribution in [0.1, 0.15) is 24.2 Å². The molecule has 1 N–H and O–H groups in total. The fourth-order valence-electron chi connectivity index (χ4n) is 2.85. The van der Waals surface area contributed by atoms with Crippen LogP contribution in [0.4, 0.5) is 0 Å². The summed E-state index contributed by atoms with van der Waals surface area (Å²) in [6.45, 7) is 6.18. The van der Waals surface area contributed by atoms with Gasteiger partial charge >= 0.3 is 0 Å². The highest BCUT2D eigenvalue weighted by Crippen LogP contribution is 2.31. The SMILES string of the molecule is CC(C)(C(=O)c1ccc(Sc2ccccc2)cc1)C1CNCCO1. The molecule has 24 heavy (non-hydrogen) atoms. The minimum absolute atomic E-state index is 0.0860. The lowest BCUT2D eigenvalue weighted by Gasteiger charge is -2.36. The van der Waals surface area contributed by atoms with E-state index in [0.29, 0.717) is 6.61 Å². The van der Waals surface area contributed by atoms with Crippen molar-refractivity contribution in [2.24, 2.45) is 5.41 Å². The van der Waals surface area contributed by atoms with Crippen molar-refractivity contribution in [2.75, 3.05) is 19.7 Å². The number of ether oxygens (including phenoxy) is 1. The summed E-state index contributed by atoms with van der Waals surface area (Å²) in [7, 11) is 0. The number of nitrogens with one attached hydrogen (secondary N) is 1. The highest BCUT2D eigenvalue weighted by Gasteiger charge is 2.38. The summed E-state index contributed by atoms with van der Waals surface area (Å²) >= 11 is 1.70. The second-order valence-electron chi connectivity index (χ2n) is 6.55. The molecule has 2 aromatic rings. The maximum absolute atomic E-state index is 12.9. The summed E-state index contributed by atoms with van der Waals surface area (Å²) in [5, 5.41) is 3.30. The first-order valence-electron chi connectivity index (χ1n) is 8.27. The number of Topliss-reactive ketones (excluding diaryl/α,β-unsaturated/α-hetero) is 1. The zero-order valence-corrected chi connectivity index (χ0v) is 14.9. The van der Waals surface area contributed by atoms with E-state index in [0.717, 1.165) is 23.5 Å². The van der Waals surface area contributed by atoms with E-state index in [1.165, 1.54) is 4.90 Å². The molecule has 126 valence electrons. The van der Waals surface area contributed by atoms with Gasteiger partial charge in [-0.15, -0.1) is 0 Å². The number of hydrogen-bond acceptors (Lipinski definition) is 4. The zero-order chi connectivity index (χ0) is 17.0. The number of carbonyl (C=O) groups excluding carboxylic acids is 1. The Labute approximate surface area is 147 Å². The van der Waals surface area contributed by atoms with Gasteiger partial charge in [-0.1, -0.05) is 42.1 Å². The second-order valence-corrected chi connectivity index (χ2v) is 7.70. The Balaban J connectivity index is 1.71. The van der Waals surface area contributed by atoms with E-state index in [9.17, 15) is 4.79 Å². The molecule has 0 aliphatic carbocycles. The largest absolute Gasteiger partial charge is 0.375 e. The van der Waals surface area contributed by atoms with Crippen molar-refractivity contribution in [3.05, 3.63) is 60.2 Å². The second kappa shape index (κ2) is 7.51. The van der Waals surface area contributed by atoms with Crippen LogP contribution >= 0.6 is 11.8 Å². The van der Waals surface area contributed by atoms with Gasteiger partial charge < -0.3 is 10.1 Å². The molecule has 2 aromatic carbocycles. The van der Waals surface area contributed by atoms with Gasteiger partial charge in [0.25, 0.3) is 0 Å². The van der Waals surface area contributed by atoms with Crippen molar-refractivity contribution in [3.8, 4) is 0 Å². The molecular formula is C20H23NO2S. The Hall–Kier alpha value is -1.62. The molecule has 0 spiro atoms. The molecule has 1 aliphatic rings. The van der Waals surface area contributed by atoms with Gasteiger partial charge in [-0.3, -0.25) is 4.79 Å². The number of benzene rings is 2. The summed E-state index contributed by atoms with van der Waals surface area (Å²) in [4.78, 5) is 15.2. The third kappa shape index (κ3) is 3.89. The van der Waals surface area contributed by atoms with E-state index in [1.54, 1.807) is 11.8 Å². The Morgan fingerprint density at radius 1 is 1.08 bits per heavy atom. The molecule has 1 aliphatic heterocycles. The number of morpholine rings is 1. The topological polar surface area (TPSA) is 38.3 Å². The first kappa shape index (κ1) is 17.2. The molecule has 0 bridgehead atoms. The molecule has 1 saturated heterocycles. The van der Waals surface area contributed by atoms with Gasteiger partial charge in [0.2, 0.25) is 0 Å². The minimum atomic E-state index is -0.540. The van der Waals surface area contributed by atoms with Gasteiger partial charge in [-0.05, 0) is 38.1 Å². The van der Waals surface area contributed by atoms with Crippen molar-refractivity contribution in [3.63, 3.8) is 0 Å². The van der Waals surface area contributed by atoms with Crippen molar-refractivity contribution in [1.29, 1.82) is 0 Å². The Kier molecular flexibility index (Phi) is 5.39. The lowest BCUT2D eigenvalue weighted by molar-refractivity contribution is -0.0324. The van der Waals surface area contributed by atoms with Crippen LogP contribution in [0.25, 0.3) is 0 Å².